The van der Waals surface area contributed by atoms with Crippen molar-refractivity contribution in [2.75, 3.05) is 31.8 Å². The van der Waals surface area contributed by atoms with Gasteiger partial charge in [0.05, 0.1) is 18.4 Å². The van der Waals surface area contributed by atoms with Crippen LogP contribution in [-0.2, 0) is 16.1 Å². The van der Waals surface area contributed by atoms with Crippen molar-refractivity contribution in [1.29, 1.82) is 0 Å². The van der Waals surface area contributed by atoms with Crippen LogP contribution in [0.15, 0.2) is 22.9 Å². The topological polar surface area (TPSA) is 166 Å². The number of nitrogens with one attached hydrogen (secondary N) is 3. The molecule has 3 aromatic rings. The van der Waals surface area contributed by atoms with Gasteiger partial charge < -0.3 is 29.9 Å². The summed E-state index contributed by atoms with van der Waals surface area (Å²) >= 11 is 0. The van der Waals surface area contributed by atoms with E-state index >= 15 is 0 Å². The van der Waals surface area contributed by atoms with Gasteiger partial charge in [0.25, 0.3) is 11.8 Å². The van der Waals surface area contributed by atoms with Gasteiger partial charge in [0, 0.05) is 36.4 Å². The average molecular weight is 484 g/mol. The van der Waals surface area contributed by atoms with Crippen LogP contribution in [0.25, 0.3) is 11.4 Å². The van der Waals surface area contributed by atoms with Crippen LogP contribution in [0.5, 0.6) is 5.75 Å². The van der Waals surface area contributed by atoms with E-state index in [0.717, 1.165) is 19.3 Å². The molecule has 1 spiro atoms. The van der Waals surface area contributed by atoms with Gasteiger partial charge in [0.2, 0.25) is 11.7 Å². The van der Waals surface area contributed by atoms with E-state index in [1.165, 1.54) is 26.5 Å². The lowest BCUT2D eigenvalue weighted by molar-refractivity contribution is -0.117. The number of methoxy groups -OCH3 is 2. The highest BCUT2D eigenvalue weighted by atomic mass is 16.5. The number of rotatable bonds is 9. The summed E-state index contributed by atoms with van der Waals surface area (Å²) < 4.78 is 37.8. The third-order valence-electron chi connectivity index (χ3n) is 6.11. The van der Waals surface area contributed by atoms with Crippen molar-refractivity contribution < 1.29 is 27.7 Å². The highest BCUT2D eigenvalue weighted by Crippen LogP contribution is 2.70. The Kier molecular flexibility index (Phi) is 4.89. The SMILES string of the molecule is [2H]C([2H])([2H])NC(=O)c1nnc(NC(=O)[C@@H]2CC23CC3)cc1Nc1nccc(-c2noc(COC)n2)c1OC. The number of nitrogens with zero attached hydrogens (tertiary/aromatic N) is 5. The fraction of sp³-hybridized carbons (Fsp3) is 0.409. The molecule has 2 aliphatic carbocycles. The van der Waals surface area contributed by atoms with E-state index in [4.69, 9.17) is 18.1 Å². The molecule has 13 heteroatoms. The lowest BCUT2D eigenvalue weighted by Gasteiger charge is -2.15. The van der Waals surface area contributed by atoms with Gasteiger partial charge in [0.1, 0.15) is 6.61 Å². The number of carbonyl (C=O) groups is 2. The van der Waals surface area contributed by atoms with Gasteiger partial charge in [-0.1, -0.05) is 5.16 Å². The molecule has 35 heavy (non-hydrogen) atoms. The Bertz CT molecular complexity index is 1390. The summed E-state index contributed by atoms with van der Waals surface area (Å²) in [6.45, 7) is -2.64. The Labute approximate surface area is 204 Å². The fourth-order valence-corrected chi connectivity index (χ4v) is 4.01. The molecule has 2 saturated carbocycles. The number of pyridine rings is 1. The minimum atomic E-state index is -2.76. The van der Waals surface area contributed by atoms with Gasteiger partial charge in [-0.05, 0) is 30.7 Å². The standard InChI is InChI=1S/C22H24N8O5/c1-23-21(32)16-13(8-14(28-29-16)26-20(31)12-9-22(12)5-6-22)25-19-17(34-3)11(4-7-24-19)18-27-15(10-33-2)35-30-18/h4,7-8,12H,5-6,9-10H2,1-3H3,(H,23,32)(H2,24,25,26,28,31)/t12-/m0/s1/i1D3. The van der Waals surface area contributed by atoms with Crippen molar-refractivity contribution in [1.82, 2.24) is 30.6 Å². The van der Waals surface area contributed by atoms with E-state index in [-0.39, 0.29) is 64.3 Å². The predicted octanol–water partition coefficient (Wildman–Crippen LogP) is 1.92. The number of hydrogen-bond donors (Lipinski definition) is 3. The van der Waals surface area contributed by atoms with Crippen LogP contribution >= 0.6 is 0 Å². The molecule has 0 unspecified atom stereocenters. The molecule has 0 radical (unpaired) electrons. The van der Waals surface area contributed by atoms with Gasteiger partial charge in [-0.3, -0.25) is 9.59 Å². The normalized spacial score (nSPS) is 18.7. The van der Waals surface area contributed by atoms with Crippen LogP contribution in [0.2, 0.25) is 0 Å². The summed E-state index contributed by atoms with van der Waals surface area (Å²) in [6.07, 6.45) is 4.36. The first kappa shape index (κ1) is 19.2. The quantitative estimate of drug-likeness (QED) is 0.407. The molecule has 5 rings (SSSR count). The first-order chi connectivity index (χ1) is 18.1. The number of carbonyl (C=O) groups excluding carboxylic acids is 2. The van der Waals surface area contributed by atoms with Crippen molar-refractivity contribution in [3.8, 4) is 17.1 Å². The second-order valence-electron chi connectivity index (χ2n) is 8.36. The molecule has 0 aliphatic heterocycles. The van der Waals surface area contributed by atoms with Crippen molar-refractivity contribution in [3.63, 3.8) is 0 Å². The molecule has 0 saturated heterocycles. The smallest absolute Gasteiger partial charge is 0.273 e. The molecule has 2 amide bonds. The Morgan fingerprint density at radius 3 is 2.89 bits per heavy atom. The van der Waals surface area contributed by atoms with Crippen LogP contribution in [-0.4, -0.2) is 58.3 Å². The number of amides is 2. The first-order valence-corrected chi connectivity index (χ1v) is 10.8. The number of hydrogen-bond acceptors (Lipinski definition) is 11. The highest BCUT2D eigenvalue weighted by Gasteiger charge is 2.65. The zero-order valence-electron chi connectivity index (χ0n) is 21.9. The second-order valence-corrected chi connectivity index (χ2v) is 8.36. The molecule has 2 aliphatic rings. The molecule has 3 aromatic heterocycles. The van der Waals surface area contributed by atoms with Crippen molar-refractivity contribution in [2.45, 2.75) is 25.9 Å². The van der Waals surface area contributed by atoms with E-state index < -0.39 is 12.9 Å². The first-order valence-electron chi connectivity index (χ1n) is 12.3. The van der Waals surface area contributed by atoms with Crippen LogP contribution in [0.3, 0.4) is 0 Å². The third kappa shape index (κ3) is 4.37. The molecule has 13 nitrogen and oxygen atoms in total. The van der Waals surface area contributed by atoms with Crippen molar-refractivity contribution >= 4 is 29.1 Å². The second kappa shape index (κ2) is 8.91. The number of aromatic nitrogens is 5. The molecular weight excluding hydrogens is 456 g/mol. The highest BCUT2D eigenvalue weighted by molar-refractivity contribution is 6.00. The van der Waals surface area contributed by atoms with Crippen LogP contribution in [0, 0.1) is 11.3 Å². The lowest BCUT2D eigenvalue weighted by atomic mass is 10.2. The average Bonchev–Trinajstić information content (AvgIpc) is 3.75. The molecular formula is C22H24N8O5. The van der Waals surface area contributed by atoms with E-state index in [9.17, 15) is 9.59 Å². The zero-order valence-corrected chi connectivity index (χ0v) is 18.9. The maximum atomic E-state index is 12.7. The summed E-state index contributed by atoms with van der Waals surface area (Å²) in [5.74, 6) is -0.371. The van der Waals surface area contributed by atoms with E-state index in [2.05, 4.69) is 36.0 Å². The fourth-order valence-electron chi connectivity index (χ4n) is 4.01. The molecule has 182 valence electrons. The third-order valence-corrected chi connectivity index (χ3v) is 6.11. The van der Waals surface area contributed by atoms with Gasteiger partial charge in [0.15, 0.2) is 23.1 Å². The molecule has 2 fully saturated rings. The lowest BCUT2D eigenvalue weighted by Crippen LogP contribution is -2.23. The molecule has 0 aromatic carbocycles. The maximum absolute atomic E-state index is 12.7. The Morgan fingerprint density at radius 1 is 1.31 bits per heavy atom. The maximum Gasteiger partial charge on any atom is 0.273 e. The van der Waals surface area contributed by atoms with Gasteiger partial charge >= 0.3 is 0 Å². The van der Waals surface area contributed by atoms with Gasteiger partial charge in [-0.15, -0.1) is 10.2 Å². The summed E-state index contributed by atoms with van der Waals surface area (Å²) in [7, 11) is 2.90. The minimum Gasteiger partial charge on any atom is -0.492 e. The molecule has 1 atom stereocenters. The van der Waals surface area contributed by atoms with E-state index in [1.807, 2.05) is 5.32 Å². The van der Waals surface area contributed by atoms with E-state index in [0.29, 0.717) is 5.56 Å². The van der Waals surface area contributed by atoms with Gasteiger partial charge in [-0.2, -0.15) is 4.98 Å². The van der Waals surface area contributed by atoms with Crippen molar-refractivity contribution in [3.05, 3.63) is 29.9 Å². The molecule has 3 N–H and O–H groups in total. The number of ether oxygens (including phenoxy) is 2. The Morgan fingerprint density at radius 2 is 2.17 bits per heavy atom. The Balaban J connectivity index is 1.47. The van der Waals surface area contributed by atoms with Gasteiger partial charge in [-0.25, -0.2) is 4.98 Å². The predicted molar refractivity (Wildman–Crippen MR) is 122 cm³/mol. The van der Waals surface area contributed by atoms with Crippen LogP contribution < -0.4 is 20.7 Å². The van der Waals surface area contributed by atoms with Crippen LogP contribution in [0.1, 0.15) is 39.8 Å². The summed E-state index contributed by atoms with van der Waals surface area (Å²) in [5.41, 5.74) is 0.253. The zero-order chi connectivity index (χ0) is 27.1. The summed E-state index contributed by atoms with van der Waals surface area (Å²) in [4.78, 5) is 33.9. The van der Waals surface area contributed by atoms with Crippen molar-refractivity contribution in [2.24, 2.45) is 11.3 Å². The largest absolute Gasteiger partial charge is 0.492 e. The Hall–Kier alpha value is -4.13. The number of anilines is 3. The molecule has 0 bridgehead atoms. The summed E-state index contributed by atoms with van der Waals surface area (Å²) in [6, 6.07) is 2.98. The summed E-state index contributed by atoms with van der Waals surface area (Å²) in [5, 5.41) is 19.3. The van der Waals surface area contributed by atoms with Crippen LogP contribution in [0.4, 0.5) is 17.3 Å². The van der Waals surface area contributed by atoms with E-state index in [1.54, 1.807) is 6.07 Å². The minimum absolute atomic E-state index is 0.0325. The monoisotopic (exact) mass is 483 g/mol. The molecule has 3 heterocycles.